The summed E-state index contributed by atoms with van der Waals surface area (Å²) in [6, 6.07) is 5.31. The smallest absolute Gasteiger partial charge is 0.339 e. The summed E-state index contributed by atoms with van der Waals surface area (Å²) in [6.07, 6.45) is 1.54. The fourth-order valence-corrected chi connectivity index (χ4v) is 3.34. The number of carbonyl (C=O) groups is 2. The summed E-state index contributed by atoms with van der Waals surface area (Å²) in [7, 11) is 0. The second-order valence-electron chi connectivity index (χ2n) is 7.52. The summed E-state index contributed by atoms with van der Waals surface area (Å²) < 4.78 is 0. The molecule has 26 heavy (non-hydrogen) atoms. The summed E-state index contributed by atoms with van der Waals surface area (Å²) in [6.45, 7) is 8.52. The Hall–Kier alpha value is -2.96. The summed E-state index contributed by atoms with van der Waals surface area (Å²) in [5.74, 6) is -0.988. The number of fused-ring (bicyclic) bond motifs is 3. The number of hydrogen-bond donors (Lipinski definition) is 5. The van der Waals surface area contributed by atoms with Crippen LogP contribution in [0.3, 0.4) is 0 Å². The third-order valence-electron chi connectivity index (χ3n) is 4.44. The van der Waals surface area contributed by atoms with Gasteiger partial charge in [-0.05, 0) is 37.6 Å². The van der Waals surface area contributed by atoms with Crippen LogP contribution in [0.1, 0.15) is 39.0 Å². The van der Waals surface area contributed by atoms with Crippen LogP contribution in [0.5, 0.6) is 0 Å². The van der Waals surface area contributed by atoms with Gasteiger partial charge in [-0.1, -0.05) is 13.8 Å². The van der Waals surface area contributed by atoms with E-state index in [1.165, 1.54) is 0 Å². The molecular formula is C19H24N4O3. The minimum absolute atomic E-state index is 0.0375. The van der Waals surface area contributed by atoms with Crippen LogP contribution in [0, 0.1) is 0 Å². The second kappa shape index (κ2) is 6.40. The van der Waals surface area contributed by atoms with Crippen molar-refractivity contribution in [2.75, 3.05) is 11.9 Å². The zero-order valence-electron chi connectivity index (χ0n) is 15.4. The van der Waals surface area contributed by atoms with Crippen molar-refractivity contribution in [1.82, 2.24) is 15.6 Å². The molecule has 1 aromatic heterocycles. The molecule has 0 fully saturated rings. The Bertz CT molecular complexity index is 909. The molecule has 2 heterocycles. The highest BCUT2D eigenvalue weighted by molar-refractivity contribution is 6.17. The van der Waals surface area contributed by atoms with Gasteiger partial charge in [0.1, 0.15) is 0 Å². The topological polar surface area (TPSA) is 106 Å². The Morgan fingerprint density at radius 1 is 1.27 bits per heavy atom. The van der Waals surface area contributed by atoms with E-state index in [1.807, 2.05) is 26.0 Å². The maximum atomic E-state index is 12.0. The van der Waals surface area contributed by atoms with Crippen molar-refractivity contribution in [3.8, 4) is 0 Å². The Kier molecular flexibility index (Phi) is 4.39. The largest absolute Gasteiger partial charge is 0.478 e. The Balaban J connectivity index is 2.11. The molecule has 5 N–H and O–H groups in total. The fraction of sp³-hybridized carbons (Fsp3) is 0.368. The van der Waals surface area contributed by atoms with Gasteiger partial charge in [-0.15, -0.1) is 0 Å². The summed E-state index contributed by atoms with van der Waals surface area (Å²) in [4.78, 5) is 26.9. The van der Waals surface area contributed by atoms with Crippen molar-refractivity contribution in [3.05, 3.63) is 35.7 Å². The molecule has 0 aliphatic carbocycles. The molecular weight excluding hydrogens is 332 g/mol. The molecule has 0 atom stereocenters. The highest BCUT2D eigenvalue weighted by Gasteiger charge is 2.32. The van der Waals surface area contributed by atoms with Crippen molar-refractivity contribution in [1.29, 1.82) is 0 Å². The number of carbonyl (C=O) groups excluding carboxylic acids is 1. The maximum absolute atomic E-state index is 12.0. The molecule has 0 bridgehead atoms. The van der Waals surface area contributed by atoms with Gasteiger partial charge in [-0.3, -0.25) is 0 Å². The first-order valence-electron chi connectivity index (χ1n) is 8.60. The Morgan fingerprint density at radius 3 is 2.65 bits per heavy atom. The van der Waals surface area contributed by atoms with E-state index in [-0.39, 0.29) is 23.1 Å². The molecule has 0 radical (unpaired) electrons. The van der Waals surface area contributed by atoms with Crippen molar-refractivity contribution in [3.63, 3.8) is 0 Å². The first-order chi connectivity index (χ1) is 12.2. The zero-order chi connectivity index (χ0) is 19.1. The molecule has 1 aromatic carbocycles. The molecule has 3 rings (SSSR count). The number of anilines is 1. The van der Waals surface area contributed by atoms with Crippen LogP contribution in [-0.2, 0) is 10.2 Å². The summed E-state index contributed by atoms with van der Waals surface area (Å²) in [5, 5.41) is 19.2. The molecule has 2 aromatic rings. The number of hydrogen-bond acceptors (Lipinski definition) is 3. The number of nitrogens with one attached hydrogen (secondary N) is 4. The van der Waals surface area contributed by atoms with Crippen LogP contribution in [-0.4, -0.2) is 34.7 Å². The molecule has 7 heteroatoms. The number of urea groups is 1. The summed E-state index contributed by atoms with van der Waals surface area (Å²) >= 11 is 0. The maximum Gasteiger partial charge on any atom is 0.339 e. The van der Waals surface area contributed by atoms with Gasteiger partial charge in [0.15, 0.2) is 0 Å². The van der Waals surface area contributed by atoms with E-state index in [9.17, 15) is 14.7 Å². The van der Waals surface area contributed by atoms with Gasteiger partial charge in [0.25, 0.3) is 0 Å². The first kappa shape index (κ1) is 17.8. The SMILES string of the molecule is CC(C)NC(=O)Nc1ccc2[nH]c3c(c2c1)C(C)(C)CNC=C3C(=O)O. The number of carboxylic acid groups (broad SMARTS) is 1. The van der Waals surface area contributed by atoms with Crippen molar-refractivity contribution < 1.29 is 14.7 Å². The van der Waals surface area contributed by atoms with Gasteiger partial charge in [-0.25, -0.2) is 9.59 Å². The monoisotopic (exact) mass is 356 g/mol. The minimum Gasteiger partial charge on any atom is -0.478 e. The predicted octanol–water partition coefficient (Wildman–Crippen LogP) is 3.00. The van der Waals surface area contributed by atoms with Crippen molar-refractivity contribution >= 4 is 34.2 Å². The third-order valence-corrected chi connectivity index (χ3v) is 4.44. The van der Waals surface area contributed by atoms with Gasteiger partial charge in [0, 0.05) is 40.8 Å². The van der Waals surface area contributed by atoms with E-state index in [0.717, 1.165) is 16.5 Å². The van der Waals surface area contributed by atoms with Crippen LogP contribution >= 0.6 is 0 Å². The number of carboxylic acids is 1. The molecule has 138 valence electrons. The van der Waals surface area contributed by atoms with Crippen LogP contribution in [0.15, 0.2) is 24.4 Å². The number of aromatic amines is 1. The van der Waals surface area contributed by atoms with E-state index in [2.05, 4.69) is 34.8 Å². The number of rotatable bonds is 3. The lowest BCUT2D eigenvalue weighted by atomic mass is 9.82. The number of aromatic nitrogens is 1. The molecule has 0 unspecified atom stereocenters. The van der Waals surface area contributed by atoms with E-state index < -0.39 is 5.97 Å². The lowest BCUT2D eigenvalue weighted by molar-refractivity contribution is -0.130. The number of amides is 2. The molecule has 1 aliphatic heterocycles. The quantitative estimate of drug-likeness (QED) is 0.583. The lowest BCUT2D eigenvalue weighted by Crippen LogP contribution is -2.34. The number of aliphatic carboxylic acids is 1. The highest BCUT2D eigenvalue weighted by Crippen LogP contribution is 2.39. The lowest BCUT2D eigenvalue weighted by Gasteiger charge is -2.24. The van der Waals surface area contributed by atoms with Gasteiger partial charge >= 0.3 is 12.0 Å². The average Bonchev–Trinajstić information content (AvgIpc) is 2.82. The average molecular weight is 356 g/mol. The van der Waals surface area contributed by atoms with Crippen molar-refractivity contribution in [2.45, 2.75) is 39.2 Å². The van der Waals surface area contributed by atoms with Gasteiger partial charge in [0.2, 0.25) is 0 Å². The molecule has 0 saturated heterocycles. The Morgan fingerprint density at radius 2 is 2.00 bits per heavy atom. The van der Waals surface area contributed by atoms with Crippen LogP contribution in [0.4, 0.5) is 10.5 Å². The second-order valence-corrected chi connectivity index (χ2v) is 7.52. The van der Waals surface area contributed by atoms with Crippen molar-refractivity contribution in [2.24, 2.45) is 0 Å². The standard InChI is InChI=1S/C19H24N4O3/c1-10(2)21-18(26)22-11-5-6-14-12(7-11)15-16(23-14)13(17(24)25)8-20-9-19(15,3)4/h5-8,10,20,23H,9H2,1-4H3,(H,24,25)(H2,21,22,26). The third kappa shape index (κ3) is 3.24. The first-order valence-corrected chi connectivity index (χ1v) is 8.60. The van der Waals surface area contributed by atoms with Gasteiger partial charge < -0.3 is 26.0 Å². The molecule has 0 spiro atoms. The number of benzene rings is 1. The molecule has 2 amide bonds. The van der Waals surface area contributed by atoms with E-state index in [1.54, 1.807) is 12.3 Å². The van der Waals surface area contributed by atoms with E-state index >= 15 is 0 Å². The van der Waals surface area contributed by atoms with Crippen LogP contribution in [0.25, 0.3) is 16.5 Å². The fourth-order valence-electron chi connectivity index (χ4n) is 3.34. The zero-order valence-corrected chi connectivity index (χ0v) is 15.4. The van der Waals surface area contributed by atoms with E-state index in [4.69, 9.17) is 0 Å². The predicted molar refractivity (Wildman–Crippen MR) is 102 cm³/mol. The van der Waals surface area contributed by atoms with E-state index in [0.29, 0.717) is 17.9 Å². The summed E-state index contributed by atoms with van der Waals surface area (Å²) in [5.41, 5.74) is 2.94. The minimum atomic E-state index is -0.988. The van der Waals surface area contributed by atoms with Gasteiger partial charge in [-0.2, -0.15) is 0 Å². The van der Waals surface area contributed by atoms with Crippen LogP contribution in [0.2, 0.25) is 0 Å². The number of H-pyrrole nitrogens is 1. The highest BCUT2D eigenvalue weighted by atomic mass is 16.4. The molecule has 1 aliphatic rings. The Labute approximate surface area is 151 Å². The van der Waals surface area contributed by atoms with Gasteiger partial charge in [0.05, 0.1) is 11.3 Å². The molecule has 0 saturated carbocycles. The normalized spacial score (nSPS) is 15.7. The van der Waals surface area contributed by atoms with Crippen LogP contribution < -0.4 is 16.0 Å². The molecule has 7 nitrogen and oxygen atoms in total.